The molecular weight excluding hydrogens is 1010 g/mol. The average molecular weight is 1080 g/mol. The van der Waals surface area contributed by atoms with Crippen molar-refractivity contribution in [2.24, 2.45) is 0 Å². The van der Waals surface area contributed by atoms with Gasteiger partial charge in [-0.2, -0.15) is 0 Å². The number of nitrogens with two attached hydrogens (primary N) is 1. The Labute approximate surface area is 456 Å². The molecule has 6 aromatic rings. The maximum Gasteiger partial charge on any atom is 0.254 e. The Balaban J connectivity index is 0.624. The number of phenols is 1. The summed E-state index contributed by atoms with van der Waals surface area (Å²) in [6.07, 6.45) is 3.51. The van der Waals surface area contributed by atoms with E-state index in [1.807, 2.05) is 68.0 Å². The van der Waals surface area contributed by atoms with Gasteiger partial charge in [0.05, 0.1) is 39.5 Å². The fourth-order valence-electron chi connectivity index (χ4n) is 11.9. The van der Waals surface area contributed by atoms with Gasteiger partial charge in [-0.15, -0.1) is 21.5 Å². The van der Waals surface area contributed by atoms with E-state index in [1.54, 1.807) is 34.4 Å². The summed E-state index contributed by atoms with van der Waals surface area (Å²) < 4.78 is 18.0. The summed E-state index contributed by atoms with van der Waals surface area (Å²) >= 11 is 1.56. The summed E-state index contributed by atoms with van der Waals surface area (Å²) in [4.78, 5) is 63.5. The number of amides is 3. The first-order valence-corrected chi connectivity index (χ1v) is 27.9. The Hall–Kier alpha value is -7.40. The number of β-amino-alcohol motifs (C(OH)–C–C–N with tert-alkyl or cyclic N) is 1. The van der Waals surface area contributed by atoms with Crippen LogP contribution in [0.2, 0.25) is 0 Å². The predicted molar refractivity (Wildman–Crippen MR) is 293 cm³/mol. The van der Waals surface area contributed by atoms with Crippen LogP contribution in [-0.2, 0) is 19.9 Å². The van der Waals surface area contributed by atoms with E-state index >= 15 is 0 Å². The van der Waals surface area contributed by atoms with Gasteiger partial charge in [-0.1, -0.05) is 43.3 Å². The van der Waals surface area contributed by atoms with Crippen LogP contribution in [-0.4, -0.2) is 182 Å². The van der Waals surface area contributed by atoms with Crippen LogP contribution in [0.1, 0.15) is 62.5 Å². The summed E-state index contributed by atoms with van der Waals surface area (Å²) in [7, 11) is 0. The zero-order valence-electron chi connectivity index (χ0n) is 44.2. The molecule has 5 atom stereocenters. The Morgan fingerprint density at radius 1 is 0.897 bits per heavy atom. The molecule has 0 radical (unpaired) electrons. The second kappa shape index (κ2) is 22.5. The fraction of sp³-hybridized carbons (Fsp3) is 0.464. The number of aliphatic hydroxyl groups excluding tert-OH is 1. The number of anilines is 3. The van der Waals surface area contributed by atoms with E-state index in [0.29, 0.717) is 54.9 Å². The average Bonchev–Trinajstić information content (AvgIpc) is 4.33. The normalized spacial score (nSPS) is 21.6. The number of piperazine rings is 2. The molecule has 5 aliphatic heterocycles. The van der Waals surface area contributed by atoms with Crippen molar-refractivity contribution >= 4 is 46.3 Å². The van der Waals surface area contributed by atoms with Crippen LogP contribution in [0.5, 0.6) is 17.5 Å². The number of hydrogen-bond acceptors (Lipinski definition) is 19. The number of pyridine rings is 1. The van der Waals surface area contributed by atoms with Crippen molar-refractivity contribution in [3.8, 4) is 39.2 Å². The smallest absolute Gasteiger partial charge is 0.254 e. The lowest BCUT2D eigenvalue weighted by atomic mass is 9.81. The van der Waals surface area contributed by atoms with E-state index in [2.05, 4.69) is 62.4 Å². The number of nitrogens with one attached hydrogen (secondary N) is 1. The lowest BCUT2D eigenvalue weighted by Gasteiger charge is -2.51. The molecule has 2 bridgehead atoms. The minimum Gasteiger partial charge on any atom is -0.507 e. The first-order chi connectivity index (χ1) is 37.8. The van der Waals surface area contributed by atoms with Gasteiger partial charge in [0.1, 0.15) is 30.5 Å². The van der Waals surface area contributed by atoms with Gasteiger partial charge in [0.15, 0.2) is 11.6 Å². The van der Waals surface area contributed by atoms with Crippen LogP contribution >= 0.6 is 11.3 Å². The number of thiazole rings is 1. The number of hydrogen-bond donors (Lipinski definition) is 4. The van der Waals surface area contributed by atoms with E-state index < -0.39 is 23.6 Å². The maximum absolute atomic E-state index is 14.3. The highest BCUT2D eigenvalue weighted by Gasteiger charge is 2.50. The van der Waals surface area contributed by atoms with Gasteiger partial charge >= 0.3 is 0 Å². The third kappa shape index (κ3) is 10.9. The molecule has 22 heteroatoms. The van der Waals surface area contributed by atoms with Crippen LogP contribution in [0.3, 0.4) is 0 Å². The number of phenolic OH excluding ortho intramolecular Hbond substituents is 1. The number of likely N-dealkylation sites (tertiary alicyclic amines) is 2. The third-order valence-corrected chi connectivity index (χ3v) is 17.2. The lowest BCUT2D eigenvalue weighted by Crippen LogP contribution is -2.70. The van der Waals surface area contributed by atoms with Crippen LogP contribution < -0.4 is 30.3 Å². The number of aromatic hydroxyl groups is 1. The minimum absolute atomic E-state index is 0.00176. The van der Waals surface area contributed by atoms with Crippen molar-refractivity contribution in [2.45, 2.75) is 82.1 Å². The quantitative estimate of drug-likeness (QED) is 0.0925. The van der Waals surface area contributed by atoms with Gasteiger partial charge < -0.3 is 54.9 Å². The molecule has 2 unspecified atom stereocenters. The van der Waals surface area contributed by atoms with Crippen molar-refractivity contribution in [3.63, 3.8) is 0 Å². The summed E-state index contributed by atoms with van der Waals surface area (Å²) in [5.74, 6) is 0.174. The minimum atomic E-state index is -0.924. The highest BCUT2D eigenvalue weighted by Crippen LogP contribution is 2.41. The SMILES string of the molecule is CC[C@@H](C(=O)N1C[C@H](O)C[C@H]1C(=O)NC1(c2ccc(-c3scnc3C)cc2)CN(C(C)=O)C1)c1cc(OCCN2CCN(CCOc3cc(N4C5CCC4CN(c4cc(-c6ccccc6O)nnc4N)C5)ccn3)CC2)no1. The first kappa shape index (κ1) is 52.6. The number of aryl methyl sites for hydroxylation is 1. The number of aromatic nitrogens is 5. The molecule has 78 heavy (non-hydrogen) atoms. The number of rotatable bonds is 18. The number of fused-ring (bicyclic) bond motifs is 2. The molecule has 0 saturated carbocycles. The second-order valence-corrected chi connectivity index (χ2v) is 22.0. The van der Waals surface area contributed by atoms with E-state index in [0.717, 1.165) is 91.7 Å². The standard InChI is InChI=1S/C56H67N13O8S/c1-4-43(55(74)68-31-42(71)26-47(68)54(73)60-56(32-67(33-56)36(3)70)38-11-9-37(10-12-38)52-35(2)59-34-78-52)49-28-51(63-77-49)76-24-22-65-19-17-64(18-20-65)21-23-75-50-25-39(15-16-58-50)69-40-13-14-41(69)30-66(29-40)46-27-45(61-62-53(46)57)44-7-5-6-8-48(44)72/h5-12,15-16,25,27-28,34,40-43,47,71-72H,4,13-14,17-24,26,29-33H2,1-3H3,(H2,57,62)(H,60,73)/t40?,41?,42-,43-,47+/m1/s1. The number of carbonyl (C=O) groups excluding carboxylic acids is 3. The number of nitrogens with zero attached hydrogens (tertiary/aromatic N) is 11. The molecule has 5 fully saturated rings. The van der Waals surface area contributed by atoms with Crippen LogP contribution in [0.4, 0.5) is 17.2 Å². The van der Waals surface area contributed by atoms with Crippen molar-refractivity contribution in [1.29, 1.82) is 0 Å². The summed E-state index contributed by atoms with van der Waals surface area (Å²) in [5, 5.41) is 37.2. The predicted octanol–water partition coefficient (Wildman–Crippen LogP) is 4.51. The maximum atomic E-state index is 14.3. The summed E-state index contributed by atoms with van der Waals surface area (Å²) in [6.45, 7) is 13.3. The third-order valence-electron chi connectivity index (χ3n) is 16.2. The van der Waals surface area contributed by atoms with E-state index in [9.17, 15) is 24.6 Å². The molecule has 21 nitrogen and oxygen atoms in total. The molecule has 5 aliphatic rings. The highest BCUT2D eigenvalue weighted by molar-refractivity contribution is 7.13. The van der Waals surface area contributed by atoms with Crippen molar-refractivity contribution < 1.29 is 38.6 Å². The number of ether oxygens (including phenoxy) is 2. The van der Waals surface area contributed by atoms with Crippen LogP contribution in [0.15, 0.2) is 89.0 Å². The molecule has 2 aromatic carbocycles. The lowest BCUT2D eigenvalue weighted by molar-refractivity contribution is -0.145. The Bertz CT molecular complexity index is 3090. The van der Waals surface area contributed by atoms with Crippen LogP contribution in [0.25, 0.3) is 21.7 Å². The molecule has 4 aromatic heterocycles. The van der Waals surface area contributed by atoms with Crippen molar-refractivity contribution in [1.82, 2.24) is 50.2 Å². The van der Waals surface area contributed by atoms with Gasteiger partial charge in [-0.05, 0) is 66.7 Å². The molecule has 0 aliphatic carbocycles. The zero-order valence-corrected chi connectivity index (χ0v) is 45.1. The van der Waals surface area contributed by atoms with Crippen LogP contribution in [0, 0.1) is 6.92 Å². The summed E-state index contributed by atoms with van der Waals surface area (Å²) in [5.41, 5.74) is 13.3. The second-order valence-electron chi connectivity index (χ2n) is 21.2. The fourth-order valence-corrected chi connectivity index (χ4v) is 12.7. The van der Waals surface area contributed by atoms with Gasteiger partial charge in [0.25, 0.3) is 5.88 Å². The Kier molecular flexibility index (Phi) is 15.2. The number of aliphatic hydroxyl groups is 1. The monoisotopic (exact) mass is 1080 g/mol. The highest BCUT2D eigenvalue weighted by atomic mass is 32.1. The molecule has 11 rings (SSSR count). The molecular formula is C56H67N13O8S. The molecule has 9 heterocycles. The number of nitrogen functional groups attached to an aromatic ring is 1. The number of carbonyl (C=O) groups is 3. The summed E-state index contributed by atoms with van der Waals surface area (Å²) in [6, 6.07) is 22.4. The molecule has 5 saturated heterocycles. The van der Waals surface area contributed by atoms with Gasteiger partial charge in [-0.3, -0.25) is 24.2 Å². The molecule has 410 valence electrons. The Morgan fingerprint density at radius 2 is 1.60 bits per heavy atom. The first-order valence-electron chi connectivity index (χ1n) is 27.0. The number of benzene rings is 2. The van der Waals surface area contributed by atoms with Crippen molar-refractivity contribution in [3.05, 3.63) is 102 Å². The largest absolute Gasteiger partial charge is 0.507 e. The van der Waals surface area contributed by atoms with E-state index in [1.165, 1.54) is 11.8 Å². The molecule has 0 spiro atoms. The van der Waals surface area contributed by atoms with Gasteiger partial charge in [-0.25, -0.2) is 9.97 Å². The topological polar surface area (TPSA) is 245 Å². The van der Waals surface area contributed by atoms with Gasteiger partial charge in [0.2, 0.25) is 23.6 Å². The molecule has 5 N–H and O–H groups in total. The Morgan fingerprint density at radius 3 is 2.27 bits per heavy atom. The van der Waals surface area contributed by atoms with E-state index in [4.69, 9.17) is 19.7 Å². The molecule has 3 amide bonds. The van der Waals surface area contributed by atoms with E-state index in [-0.39, 0.29) is 67.5 Å². The van der Waals surface area contributed by atoms with Crippen molar-refractivity contribution in [2.75, 3.05) is 101 Å². The zero-order chi connectivity index (χ0) is 54.1. The van der Waals surface area contributed by atoms with Gasteiger partial charge in [0, 0.05) is 127 Å². The number of para-hydroxylation sites is 1.